The number of nitrogens with zero attached hydrogens (tertiary/aromatic N) is 5. The van der Waals surface area contributed by atoms with E-state index in [0.29, 0.717) is 52.8 Å². The molecular formula is C32H30FN7O3S. The molecule has 2 aromatic carbocycles. The van der Waals surface area contributed by atoms with Gasteiger partial charge in [0.15, 0.2) is 0 Å². The van der Waals surface area contributed by atoms with E-state index in [0.717, 1.165) is 29.2 Å². The highest BCUT2D eigenvalue weighted by molar-refractivity contribution is 7.13. The van der Waals surface area contributed by atoms with Crippen molar-refractivity contribution in [3.8, 4) is 28.0 Å². The van der Waals surface area contributed by atoms with Crippen LogP contribution in [0.5, 0.6) is 17.2 Å². The highest BCUT2D eigenvalue weighted by Gasteiger charge is 2.23. The van der Waals surface area contributed by atoms with Crippen LogP contribution in [-0.4, -0.2) is 57.0 Å². The molecular weight excluding hydrogens is 581 g/mol. The molecule has 10 nitrogen and oxygen atoms in total. The number of carbonyl (C=O) groups is 1. The second-order valence-electron chi connectivity index (χ2n) is 10.3. The van der Waals surface area contributed by atoms with Crippen LogP contribution in [0.4, 0.5) is 21.6 Å². The number of aryl methyl sites for hydroxylation is 1. The number of amides is 1. The van der Waals surface area contributed by atoms with Crippen molar-refractivity contribution in [1.29, 1.82) is 0 Å². The molecule has 1 saturated heterocycles. The third-order valence-electron chi connectivity index (χ3n) is 7.30. The van der Waals surface area contributed by atoms with Crippen LogP contribution in [0.3, 0.4) is 0 Å². The van der Waals surface area contributed by atoms with Crippen molar-refractivity contribution in [2.24, 2.45) is 0 Å². The number of carbonyl (C=O) groups excluding carboxylic acids is 1. The van der Waals surface area contributed by atoms with E-state index in [4.69, 9.17) is 9.47 Å². The molecule has 0 saturated carbocycles. The maximum atomic E-state index is 15.3. The van der Waals surface area contributed by atoms with E-state index >= 15 is 4.39 Å². The van der Waals surface area contributed by atoms with E-state index in [1.54, 1.807) is 42.5 Å². The van der Waals surface area contributed by atoms with Crippen LogP contribution in [0.25, 0.3) is 21.6 Å². The first kappa shape index (κ1) is 29.0. The minimum atomic E-state index is -0.508. The van der Waals surface area contributed by atoms with Gasteiger partial charge in [-0.05, 0) is 50.1 Å². The molecule has 0 bridgehead atoms. The van der Waals surface area contributed by atoms with E-state index in [-0.39, 0.29) is 17.6 Å². The van der Waals surface area contributed by atoms with Crippen LogP contribution >= 0.6 is 11.3 Å². The highest BCUT2D eigenvalue weighted by atomic mass is 32.1. The van der Waals surface area contributed by atoms with Crippen molar-refractivity contribution in [1.82, 2.24) is 24.8 Å². The number of thiazole rings is 1. The molecule has 1 fully saturated rings. The summed E-state index contributed by atoms with van der Waals surface area (Å²) < 4.78 is 26.9. The Morgan fingerprint density at radius 3 is 2.64 bits per heavy atom. The standard InChI is InChI=1S/C32H30FN7O3S/c1-4-30(41)40-11-8-20(9-12-40)38-27-15-23-26(16-29(27)42-3)35-18-36-31(23)39-25-6-5-21(13-24(25)33)43-22-7-10-34-28(14-22)32-37-19(2)17-44-32/h4-7,10,13-18,20,38H,1,8-9,11-12H2,2-3H3,(H,35,36,39). The van der Waals surface area contributed by atoms with Crippen molar-refractivity contribution in [3.05, 3.63) is 84.5 Å². The lowest BCUT2D eigenvalue weighted by Gasteiger charge is -2.32. The van der Waals surface area contributed by atoms with Gasteiger partial charge >= 0.3 is 0 Å². The topological polar surface area (TPSA) is 114 Å². The maximum absolute atomic E-state index is 15.3. The summed E-state index contributed by atoms with van der Waals surface area (Å²) in [7, 11) is 1.60. The molecule has 0 atom stereocenters. The summed E-state index contributed by atoms with van der Waals surface area (Å²) >= 11 is 1.50. The Morgan fingerprint density at radius 1 is 1.09 bits per heavy atom. The molecule has 5 aromatic rings. The van der Waals surface area contributed by atoms with Crippen LogP contribution < -0.4 is 20.1 Å². The first-order valence-electron chi connectivity index (χ1n) is 14.0. The molecule has 0 spiro atoms. The molecule has 1 aliphatic heterocycles. The quantitative estimate of drug-likeness (QED) is 0.175. The van der Waals surface area contributed by atoms with Crippen molar-refractivity contribution < 1.29 is 18.7 Å². The van der Waals surface area contributed by atoms with E-state index in [2.05, 4.69) is 37.1 Å². The van der Waals surface area contributed by atoms with E-state index in [1.165, 1.54) is 29.8 Å². The fourth-order valence-corrected chi connectivity index (χ4v) is 5.81. The van der Waals surface area contributed by atoms with Gasteiger partial charge in [-0.2, -0.15) is 0 Å². The van der Waals surface area contributed by atoms with Gasteiger partial charge in [-0.3, -0.25) is 9.78 Å². The number of likely N-dealkylation sites (tertiary alicyclic amines) is 1. The number of ether oxygens (including phenoxy) is 2. The lowest BCUT2D eigenvalue weighted by atomic mass is 10.0. The van der Waals surface area contributed by atoms with Gasteiger partial charge in [0.2, 0.25) is 5.91 Å². The smallest absolute Gasteiger partial charge is 0.245 e. The number of fused-ring (bicyclic) bond motifs is 1. The summed E-state index contributed by atoms with van der Waals surface area (Å²) in [6.45, 7) is 6.78. The Hall–Kier alpha value is -5.10. The van der Waals surface area contributed by atoms with Crippen molar-refractivity contribution in [2.45, 2.75) is 25.8 Å². The molecule has 1 aliphatic rings. The predicted molar refractivity (Wildman–Crippen MR) is 169 cm³/mol. The van der Waals surface area contributed by atoms with Gasteiger partial charge in [-0.25, -0.2) is 19.3 Å². The number of hydrogen-bond acceptors (Lipinski definition) is 10. The summed E-state index contributed by atoms with van der Waals surface area (Å²) in [5.74, 6) is 1.37. The molecule has 0 aliphatic carbocycles. The number of rotatable bonds is 9. The third-order valence-corrected chi connectivity index (χ3v) is 8.28. The number of nitrogens with one attached hydrogen (secondary N) is 2. The summed E-state index contributed by atoms with van der Waals surface area (Å²) in [4.78, 5) is 31.4. The number of methoxy groups -OCH3 is 1. The number of benzene rings is 2. The summed E-state index contributed by atoms with van der Waals surface area (Å²) in [5.41, 5.74) is 3.25. The van der Waals surface area contributed by atoms with Gasteiger partial charge in [0.25, 0.3) is 0 Å². The van der Waals surface area contributed by atoms with Crippen molar-refractivity contribution in [2.75, 3.05) is 30.8 Å². The fraction of sp³-hybridized carbons (Fsp3) is 0.219. The monoisotopic (exact) mass is 611 g/mol. The Balaban J connectivity index is 1.20. The molecule has 224 valence electrons. The molecule has 0 radical (unpaired) electrons. The zero-order valence-electron chi connectivity index (χ0n) is 24.2. The third kappa shape index (κ3) is 6.30. The minimum Gasteiger partial charge on any atom is -0.495 e. The van der Waals surface area contributed by atoms with Gasteiger partial charge in [-0.15, -0.1) is 11.3 Å². The molecule has 3 aromatic heterocycles. The largest absolute Gasteiger partial charge is 0.495 e. The first-order valence-corrected chi connectivity index (χ1v) is 14.9. The van der Waals surface area contributed by atoms with Crippen LogP contribution in [0.15, 0.2) is 73.0 Å². The number of aromatic nitrogens is 4. The van der Waals surface area contributed by atoms with Gasteiger partial charge in [0, 0.05) is 60.0 Å². The van der Waals surface area contributed by atoms with Crippen LogP contribution in [0.2, 0.25) is 0 Å². The number of hydrogen-bond donors (Lipinski definition) is 2. The van der Waals surface area contributed by atoms with E-state index < -0.39 is 5.82 Å². The highest BCUT2D eigenvalue weighted by Crippen LogP contribution is 2.35. The second-order valence-corrected chi connectivity index (χ2v) is 11.1. The molecule has 0 unspecified atom stereocenters. The Labute approximate surface area is 257 Å². The summed E-state index contributed by atoms with van der Waals surface area (Å²) in [6.07, 6.45) is 5.96. The minimum absolute atomic E-state index is 0.0558. The molecule has 4 heterocycles. The fourth-order valence-electron chi connectivity index (χ4n) is 5.05. The SMILES string of the molecule is C=CC(=O)N1CCC(Nc2cc3c(Nc4ccc(Oc5ccnc(-c6nc(C)cs6)c5)cc4F)ncnc3cc2OC)CC1. The van der Waals surface area contributed by atoms with Crippen LogP contribution in [0.1, 0.15) is 18.5 Å². The summed E-state index contributed by atoms with van der Waals surface area (Å²) in [6, 6.07) is 12.0. The Kier molecular flexibility index (Phi) is 8.33. The van der Waals surface area contributed by atoms with Gasteiger partial charge in [0.1, 0.15) is 45.9 Å². The number of pyridine rings is 1. The van der Waals surface area contributed by atoms with Crippen LogP contribution in [-0.2, 0) is 4.79 Å². The molecule has 1 amide bonds. The molecule has 12 heteroatoms. The first-order chi connectivity index (χ1) is 21.4. The maximum Gasteiger partial charge on any atom is 0.245 e. The number of piperidine rings is 1. The normalized spacial score (nSPS) is 13.5. The second kappa shape index (κ2) is 12.6. The lowest BCUT2D eigenvalue weighted by molar-refractivity contribution is -0.126. The Bertz CT molecular complexity index is 1840. The zero-order valence-corrected chi connectivity index (χ0v) is 25.0. The lowest BCUT2D eigenvalue weighted by Crippen LogP contribution is -2.41. The van der Waals surface area contributed by atoms with Gasteiger partial charge < -0.3 is 25.0 Å². The van der Waals surface area contributed by atoms with E-state index in [9.17, 15) is 4.79 Å². The van der Waals surface area contributed by atoms with Crippen molar-refractivity contribution >= 4 is 45.3 Å². The summed E-state index contributed by atoms with van der Waals surface area (Å²) in [5, 5.41) is 10.1. The number of halogens is 1. The van der Waals surface area contributed by atoms with E-state index in [1.807, 2.05) is 24.4 Å². The molecule has 6 rings (SSSR count). The van der Waals surface area contributed by atoms with Crippen molar-refractivity contribution in [3.63, 3.8) is 0 Å². The average molecular weight is 612 g/mol. The van der Waals surface area contributed by atoms with Gasteiger partial charge in [-0.1, -0.05) is 6.58 Å². The average Bonchev–Trinajstić information content (AvgIpc) is 3.48. The predicted octanol–water partition coefficient (Wildman–Crippen LogP) is 6.73. The van der Waals surface area contributed by atoms with Crippen LogP contribution in [0, 0.1) is 12.7 Å². The Morgan fingerprint density at radius 2 is 1.91 bits per heavy atom. The molecule has 44 heavy (non-hydrogen) atoms. The number of anilines is 3. The molecule has 2 N–H and O–H groups in total. The van der Waals surface area contributed by atoms with Gasteiger partial charge in [0.05, 0.1) is 24.0 Å². The zero-order chi connectivity index (χ0) is 30.6.